The highest BCUT2D eigenvalue weighted by Gasteiger charge is 2.23. The Morgan fingerprint density at radius 3 is 2.61 bits per heavy atom. The van der Waals surface area contributed by atoms with Gasteiger partial charge in [0.25, 0.3) is 5.91 Å². The summed E-state index contributed by atoms with van der Waals surface area (Å²) in [5.41, 5.74) is 0.511. The van der Waals surface area contributed by atoms with Gasteiger partial charge in [0, 0.05) is 23.4 Å². The zero-order valence-electron chi connectivity index (χ0n) is 12.5. The fourth-order valence-electron chi connectivity index (χ4n) is 2.36. The van der Waals surface area contributed by atoms with Crippen molar-refractivity contribution in [3.63, 3.8) is 0 Å². The fourth-order valence-corrected chi connectivity index (χ4v) is 2.69. The molecule has 3 nitrogen and oxygen atoms in total. The molecule has 3 aromatic rings. The zero-order chi connectivity index (χ0) is 16.4. The lowest BCUT2D eigenvalue weighted by molar-refractivity contribution is -0.704. The summed E-state index contributed by atoms with van der Waals surface area (Å²) >= 11 is 12.0. The summed E-state index contributed by atoms with van der Waals surface area (Å²) in [4.78, 5) is 12.5. The van der Waals surface area contributed by atoms with Crippen molar-refractivity contribution in [2.24, 2.45) is 0 Å². The van der Waals surface area contributed by atoms with Crippen LogP contribution in [-0.2, 0) is 4.79 Å². The topological polar surface area (TPSA) is 33.0 Å². The van der Waals surface area contributed by atoms with Crippen molar-refractivity contribution >= 4 is 45.6 Å². The quantitative estimate of drug-likeness (QED) is 0.689. The van der Waals surface area contributed by atoms with Gasteiger partial charge in [0.05, 0.1) is 10.7 Å². The molecule has 1 N–H and O–H groups in total. The van der Waals surface area contributed by atoms with E-state index in [0.29, 0.717) is 15.7 Å². The molecule has 0 saturated heterocycles. The molecule has 0 aliphatic carbocycles. The number of carbonyl (C=O) groups excluding carboxylic acids is 1. The van der Waals surface area contributed by atoms with Gasteiger partial charge in [0.1, 0.15) is 0 Å². The van der Waals surface area contributed by atoms with Crippen LogP contribution in [0.25, 0.3) is 10.8 Å². The van der Waals surface area contributed by atoms with Gasteiger partial charge in [0.2, 0.25) is 6.04 Å². The Bertz CT molecular complexity index is 880. The van der Waals surface area contributed by atoms with Crippen LogP contribution in [0.15, 0.2) is 60.9 Å². The van der Waals surface area contributed by atoms with Crippen LogP contribution in [0, 0.1) is 0 Å². The maximum atomic E-state index is 12.5. The van der Waals surface area contributed by atoms with Crippen molar-refractivity contribution in [2.75, 3.05) is 5.32 Å². The first-order chi connectivity index (χ1) is 11.0. The molecule has 0 radical (unpaired) electrons. The van der Waals surface area contributed by atoms with E-state index in [9.17, 15) is 4.79 Å². The van der Waals surface area contributed by atoms with Crippen molar-refractivity contribution in [2.45, 2.75) is 13.0 Å². The maximum absolute atomic E-state index is 12.5. The molecule has 1 heterocycles. The van der Waals surface area contributed by atoms with Crippen LogP contribution in [0.3, 0.4) is 0 Å². The molecule has 0 aliphatic rings. The third-order valence-electron chi connectivity index (χ3n) is 3.72. The largest absolute Gasteiger partial charge is 0.319 e. The number of amides is 1. The van der Waals surface area contributed by atoms with Crippen molar-refractivity contribution in [3.05, 3.63) is 71.0 Å². The average molecular weight is 346 g/mol. The summed E-state index contributed by atoms with van der Waals surface area (Å²) < 4.78 is 1.87. The fraction of sp³-hybridized carbons (Fsp3) is 0.111. The summed E-state index contributed by atoms with van der Waals surface area (Å²) in [5, 5.41) is 6.01. The van der Waals surface area contributed by atoms with E-state index in [4.69, 9.17) is 23.2 Å². The summed E-state index contributed by atoms with van der Waals surface area (Å²) in [5.74, 6) is -0.158. The number of pyridine rings is 1. The number of carbonyl (C=O) groups is 1. The van der Waals surface area contributed by atoms with Gasteiger partial charge in [-0.05, 0) is 29.7 Å². The zero-order valence-corrected chi connectivity index (χ0v) is 14.0. The first-order valence-electron chi connectivity index (χ1n) is 7.20. The van der Waals surface area contributed by atoms with Crippen LogP contribution in [0.2, 0.25) is 10.0 Å². The Morgan fingerprint density at radius 2 is 1.83 bits per heavy atom. The number of hydrogen-bond donors (Lipinski definition) is 1. The Morgan fingerprint density at radius 1 is 1.09 bits per heavy atom. The number of aromatic nitrogens is 1. The van der Waals surface area contributed by atoms with Crippen molar-refractivity contribution in [1.82, 2.24) is 0 Å². The number of nitrogens with one attached hydrogen (secondary N) is 1. The molecule has 0 spiro atoms. The molecule has 1 amide bonds. The molecule has 5 heteroatoms. The van der Waals surface area contributed by atoms with E-state index in [2.05, 4.69) is 5.32 Å². The maximum Gasteiger partial charge on any atom is 0.293 e. The van der Waals surface area contributed by atoms with Crippen molar-refractivity contribution in [1.29, 1.82) is 0 Å². The van der Waals surface area contributed by atoms with Crippen LogP contribution >= 0.6 is 23.2 Å². The minimum Gasteiger partial charge on any atom is -0.319 e. The molecular weight excluding hydrogens is 331 g/mol. The Labute approximate surface area is 144 Å². The molecule has 0 aliphatic heterocycles. The van der Waals surface area contributed by atoms with E-state index in [0.717, 1.165) is 10.8 Å². The second-order valence-corrected chi connectivity index (χ2v) is 6.15. The summed E-state index contributed by atoms with van der Waals surface area (Å²) in [7, 11) is 0. The van der Waals surface area contributed by atoms with Crippen LogP contribution in [0.5, 0.6) is 0 Å². The van der Waals surface area contributed by atoms with Gasteiger partial charge in [-0.1, -0.05) is 41.4 Å². The van der Waals surface area contributed by atoms with Crippen LogP contribution in [-0.4, -0.2) is 5.91 Å². The molecule has 116 valence electrons. The van der Waals surface area contributed by atoms with E-state index < -0.39 is 0 Å². The summed E-state index contributed by atoms with van der Waals surface area (Å²) in [6.07, 6.45) is 3.85. The van der Waals surface area contributed by atoms with E-state index in [1.807, 2.05) is 54.2 Å². The predicted molar refractivity (Wildman–Crippen MR) is 93.9 cm³/mol. The number of halogens is 2. The van der Waals surface area contributed by atoms with Gasteiger partial charge >= 0.3 is 0 Å². The summed E-state index contributed by atoms with van der Waals surface area (Å²) in [6.45, 7) is 1.84. The smallest absolute Gasteiger partial charge is 0.293 e. The molecule has 0 unspecified atom stereocenters. The minimum absolute atomic E-state index is 0.158. The molecule has 2 aromatic carbocycles. The van der Waals surface area contributed by atoms with Gasteiger partial charge in [-0.3, -0.25) is 4.79 Å². The molecule has 1 atom stereocenters. The van der Waals surface area contributed by atoms with Gasteiger partial charge in [-0.2, -0.15) is 4.57 Å². The highest BCUT2D eigenvalue weighted by Crippen LogP contribution is 2.25. The number of benzene rings is 2. The third-order valence-corrected chi connectivity index (χ3v) is 4.29. The SMILES string of the molecule is C[C@@H](C(=O)Nc1cc(Cl)ccc1Cl)[n+]1ccc2ccccc2c1. The third kappa shape index (κ3) is 3.46. The van der Waals surface area contributed by atoms with E-state index in [-0.39, 0.29) is 11.9 Å². The molecule has 0 bridgehead atoms. The molecular formula is C18H15Cl2N2O+. The second-order valence-electron chi connectivity index (χ2n) is 5.31. The van der Waals surface area contributed by atoms with Gasteiger partial charge in [-0.25, -0.2) is 0 Å². The lowest BCUT2D eigenvalue weighted by Gasteiger charge is -2.10. The van der Waals surface area contributed by atoms with E-state index in [1.54, 1.807) is 18.2 Å². The number of rotatable bonds is 3. The predicted octanol–water partition coefficient (Wildman–Crippen LogP) is 4.63. The lowest BCUT2D eigenvalue weighted by Crippen LogP contribution is -2.44. The monoisotopic (exact) mass is 345 g/mol. The minimum atomic E-state index is -0.380. The highest BCUT2D eigenvalue weighted by molar-refractivity contribution is 6.35. The number of hydrogen-bond acceptors (Lipinski definition) is 1. The van der Waals surface area contributed by atoms with Crippen LogP contribution in [0.4, 0.5) is 5.69 Å². The lowest BCUT2D eigenvalue weighted by atomic mass is 10.1. The standard InChI is InChI=1S/C18H14Cl2N2O/c1-12(18(23)21-17-10-15(19)6-7-16(17)20)22-9-8-13-4-2-3-5-14(13)11-22/h2-12H,1H3/p+1/t12-/m0/s1. The normalized spacial score (nSPS) is 12.1. The summed E-state index contributed by atoms with van der Waals surface area (Å²) in [6, 6.07) is 14.6. The first kappa shape index (κ1) is 15.8. The molecule has 23 heavy (non-hydrogen) atoms. The Kier molecular flexibility index (Phi) is 4.51. The first-order valence-corrected chi connectivity index (χ1v) is 7.95. The molecule has 0 saturated carbocycles. The van der Waals surface area contributed by atoms with Crippen molar-refractivity contribution in [3.8, 4) is 0 Å². The van der Waals surface area contributed by atoms with Gasteiger partial charge < -0.3 is 5.32 Å². The van der Waals surface area contributed by atoms with Gasteiger partial charge in [-0.15, -0.1) is 0 Å². The Hall–Kier alpha value is -2.10. The molecule has 0 fully saturated rings. The number of fused-ring (bicyclic) bond motifs is 1. The van der Waals surface area contributed by atoms with Gasteiger partial charge in [0.15, 0.2) is 12.4 Å². The van der Waals surface area contributed by atoms with Crippen LogP contribution < -0.4 is 9.88 Å². The molecule has 1 aromatic heterocycles. The Balaban J connectivity index is 1.84. The average Bonchev–Trinajstić information content (AvgIpc) is 2.57. The number of anilines is 1. The van der Waals surface area contributed by atoms with Crippen LogP contribution in [0.1, 0.15) is 13.0 Å². The van der Waals surface area contributed by atoms with E-state index in [1.165, 1.54) is 0 Å². The highest BCUT2D eigenvalue weighted by atomic mass is 35.5. The van der Waals surface area contributed by atoms with Crippen molar-refractivity contribution < 1.29 is 9.36 Å². The van der Waals surface area contributed by atoms with E-state index >= 15 is 0 Å². The molecule has 3 rings (SSSR count). The second kappa shape index (κ2) is 6.57. The number of nitrogens with zero attached hydrogens (tertiary/aromatic N) is 1.